The van der Waals surface area contributed by atoms with Crippen LogP contribution in [0, 0.1) is 0 Å². The molecule has 1 aliphatic heterocycles. The summed E-state index contributed by atoms with van der Waals surface area (Å²) in [5, 5.41) is 7.63. The minimum atomic E-state index is -0.220. The van der Waals surface area contributed by atoms with Crippen LogP contribution in [0.4, 0.5) is 0 Å². The average Bonchev–Trinajstić information content (AvgIpc) is 3.46. The van der Waals surface area contributed by atoms with Crippen molar-refractivity contribution in [2.75, 3.05) is 20.8 Å². The van der Waals surface area contributed by atoms with Crippen LogP contribution in [-0.4, -0.2) is 41.8 Å². The van der Waals surface area contributed by atoms with Crippen molar-refractivity contribution in [3.8, 4) is 22.8 Å². The van der Waals surface area contributed by atoms with Gasteiger partial charge in [-0.25, -0.2) is 0 Å². The van der Waals surface area contributed by atoms with E-state index >= 15 is 0 Å². The predicted octanol–water partition coefficient (Wildman–Crippen LogP) is 6.01. The molecule has 0 radical (unpaired) electrons. The van der Waals surface area contributed by atoms with Crippen LogP contribution in [0.5, 0.6) is 11.5 Å². The van der Waals surface area contributed by atoms with Gasteiger partial charge in [0.25, 0.3) is 5.91 Å². The molecule has 6 nitrogen and oxygen atoms in total. The highest BCUT2D eigenvalue weighted by atomic mass is 16.5. The van der Waals surface area contributed by atoms with Crippen LogP contribution >= 0.6 is 0 Å². The Morgan fingerprint density at radius 1 is 0.889 bits per heavy atom. The van der Waals surface area contributed by atoms with Crippen molar-refractivity contribution in [3.63, 3.8) is 0 Å². The maximum absolute atomic E-state index is 13.6. The summed E-state index contributed by atoms with van der Waals surface area (Å²) in [6.07, 6.45) is 0.742. The third kappa shape index (κ3) is 4.35. The molecule has 5 rings (SSSR count). The SMILES string of the molecule is COc1ccc(CCN2C(=O)c3[nH]nc(-c4ccc(OC)cc4)c3C2c2ccc(C(C)C)cc2)cc1. The molecule has 36 heavy (non-hydrogen) atoms. The van der Waals surface area contributed by atoms with Gasteiger partial charge in [0.15, 0.2) is 0 Å². The minimum Gasteiger partial charge on any atom is -0.497 e. The van der Waals surface area contributed by atoms with Gasteiger partial charge in [0, 0.05) is 17.7 Å². The molecule has 1 aromatic heterocycles. The summed E-state index contributed by atoms with van der Waals surface area (Å²) in [5.74, 6) is 2.02. The van der Waals surface area contributed by atoms with E-state index in [4.69, 9.17) is 9.47 Å². The van der Waals surface area contributed by atoms with Gasteiger partial charge in [0.2, 0.25) is 0 Å². The van der Waals surface area contributed by atoms with Gasteiger partial charge >= 0.3 is 0 Å². The number of hydrogen-bond acceptors (Lipinski definition) is 4. The lowest BCUT2D eigenvalue weighted by Gasteiger charge is -2.27. The van der Waals surface area contributed by atoms with Gasteiger partial charge in [-0.15, -0.1) is 0 Å². The summed E-state index contributed by atoms with van der Waals surface area (Å²) >= 11 is 0. The van der Waals surface area contributed by atoms with Gasteiger partial charge in [-0.1, -0.05) is 50.2 Å². The summed E-state index contributed by atoms with van der Waals surface area (Å²) in [4.78, 5) is 15.6. The summed E-state index contributed by atoms with van der Waals surface area (Å²) in [7, 11) is 3.31. The first kappa shape index (κ1) is 23.7. The number of hydrogen-bond donors (Lipinski definition) is 1. The van der Waals surface area contributed by atoms with Crippen molar-refractivity contribution in [2.45, 2.75) is 32.2 Å². The van der Waals surface area contributed by atoms with Crippen molar-refractivity contribution in [3.05, 3.63) is 101 Å². The number of nitrogens with one attached hydrogen (secondary N) is 1. The van der Waals surface area contributed by atoms with Gasteiger partial charge < -0.3 is 14.4 Å². The number of H-pyrrole nitrogens is 1. The summed E-state index contributed by atoms with van der Waals surface area (Å²) in [5.41, 5.74) is 6.74. The molecule has 0 aliphatic carbocycles. The van der Waals surface area contributed by atoms with E-state index in [-0.39, 0.29) is 11.9 Å². The zero-order valence-corrected chi connectivity index (χ0v) is 21.1. The van der Waals surface area contributed by atoms with Gasteiger partial charge in [-0.05, 0) is 65.4 Å². The first-order valence-corrected chi connectivity index (χ1v) is 12.3. The monoisotopic (exact) mass is 481 g/mol. The van der Waals surface area contributed by atoms with E-state index in [2.05, 4.69) is 60.4 Å². The largest absolute Gasteiger partial charge is 0.497 e. The Morgan fingerprint density at radius 2 is 1.50 bits per heavy atom. The number of nitrogens with zero attached hydrogens (tertiary/aromatic N) is 2. The highest BCUT2D eigenvalue weighted by molar-refractivity contribution is 6.00. The molecule has 0 saturated carbocycles. The third-order valence-corrected chi connectivity index (χ3v) is 6.95. The van der Waals surface area contributed by atoms with Crippen LogP contribution in [0.2, 0.25) is 0 Å². The summed E-state index contributed by atoms with van der Waals surface area (Å²) < 4.78 is 10.6. The molecule has 1 aliphatic rings. The molecule has 0 saturated heterocycles. The molecule has 1 N–H and O–H groups in total. The lowest BCUT2D eigenvalue weighted by molar-refractivity contribution is 0.0746. The summed E-state index contributed by atoms with van der Waals surface area (Å²) in [6, 6.07) is 24.2. The standard InChI is InChI=1S/C30H31N3O3/c1-19(2)21-7-9-23(10-8-21)29-26-27(22-11-15-25(36-4)16-12-22)31-32-28(26)30(34)33(29)18-17-20-5-13-24(35-3)14-6-20/h5-16,19,29H,17-18H2,1-4H3,(H,31,32). The van der Waals surface area contributed by atoms with E-state index < -0.39 is 0 Å². The quantitative estimate of drug-likeness (QED) is 0.335. The van der Waals surface area contributed by atoms with Crippen LogP contribution in [-0.2, 0) is 6.42 Å². The normalized spacial score (nSPS) is 14.9. The first-order valence-electron chi connectivity index (χ1n) is 12.3. The predicted molar refractivity (Wildman–Crippen MR) is 141 cm³/mol. The molecule has 0 spiro atoms. The molecule has 1 atom stereocenters. The van der Waals surface area contributed by atoms with E-state index in [0.29, 0.717) is 18.2 Å². The van der Waals surface area contributed by atoms with Crippen LogP contribution in [0.3, 0.4) is 0 Å². The van der Waals surface area contributed by atoms with E-state index in [0.717, 1.165) is 45.9 Å². The number of fused-ring (bicyclic) bond motifs is 1. The highest BCUT2D eigenvalue weighted by Crippen LogP contribution is 2.43. The maximum atomic E-state index is 13.6. The fourth-order valence-electron chi connectivity index (χ4n) is 4.85. The van der Waals surface area contributed by atoms with E-state index in [9.17, 15) is 4.79 Å². The minimum absolute atomic E-state index is 0.0243. The van der Waals surface area contributed by atoms with E-state index in [1.165, 1.54) is 5.56 Å². The van der Waals surface area contributed by atoms with E-state index in [1.807, 2.05) is 41.3 Å². The Morgan fingerprint density at radius 3 is 2.08 bits per heavy atom. The first-order chi connectivity index (χ1) is 17.5. The molecule has 0 bridgehead atoms. The van der Waals surface area contributed by atoms with Crippen LogP contribution < -0.4 is 9.47 Å². The Kier molecular flexibility index (Phi) is 6.51. The zero-order chi connectivity index (χ0) is 25.2. The molecule has 3 aromatic carbocycles. The molecule has 1 amide bonds. The second-order valence-corrected chi connectivity index (χ2v) is 9.41. The van der Waals surface area contributed by atoms with Gasteiger partial charge in [-0.2, -0.15) is 5.10 Å². The number of ether oxygens (including phenoxy) is 2. The van der Waals surface area contributed by atoms with Crippen LogP contribution in [0.1, 0.15) is 58.5 Å². The van der Waals surface area contributed by atoms with Crippen LogP contribution in [0.25, 0.3) is 11.3 Å². The number of carbonyl (C=O) groups excluding carboxylic acids is 1. The molecule has 2 heterocycles. The molecular formula is C30H31N3O3. The lowest BCUT2D eigenvalue weighted by Crippen LogP contribution is -2.31. The molecule has 0 fully saturated rings. The number of carbonyl (C=O) groups is 1. The highest BCUT2D eigenvalue weighted by Gasteiger charge is 2.41. The zero-order valence-electron chi connectivity index (χ0n) is 21.1. The molecule has 184 valence electrons. The fraction of sp³-hybridized carbons (Fsp3) is 0.267. The van der Waals surface area contributed by atoms with Crippen molar-refractivity contribution >= 4 is 5.91 Å². The fourth-order valence-corrected chi connectivity index (χ4v) is 4.85. The van der Waals surface area contributed by atoms with Crippen molar-refractivity contribution < 1.29 is 14.3 Å². The smallest absolute Gasteiger partial charge is 0.273 e. The maximum Gasteiger partial charge on any atom is 0.273 e. The number of amides is 1. The topological polar surface area (TPSA) is 67.5 Å². The number of aromatic nitrogens is 2. The second-order valence-electron chi connectivity index (χ2n) is 9.41. The number of methoxy groups -OCH3 is 2. The summed E-state index contributed by atoms with van der Waals surface area (Å²) in [6.45, 7) is 4.96. The van der Waals surface area contributed by atoms with E-state index in [1.54, 1.807) is 14.2 Å². The number of benzene rings is 3. The molecule has 1 unspecified atom stereocenters. The molecule has 4 aromatic rings. The molecule has 6 heteroatoms. The Bertz CT molecular complexity index is 1340. The number of rotatable bonds is 8. The third-order valence-electron chi connectivity index (χ3n) is 6.95. The van der Waals surface area contributed by atoms with Crippen molar-refractivity contribution in [1.29, 1.82) is 0 Å². The Labute approximate surface area is 211 Å². The number of aromatic amines is 1. The van der Waals surface area contributed by atoms with Crippen LogP contribution in [0.15, 0.2) is 72.8 Å². The van der Waals surface area contributed by atoms with Gasteiger partial charge in [0.1, 0.15) is 17.2 Å². The molecular weight excluding hydrogens is 450 g/mol. The average molecular weight is 482 g/mol. The van der Waals surface area contributed by atoms with Crippen molar-refractivity contribution in [2.24, 2.45) is 0 Å². The Hall–Kier alpha value is -4.06. The Balaban J connectivity index is 1.52. The van der Waals surface area contributed by atoms with Gasteiger partial charge in [-0.3, -0.25) is 9.89 Å². The van der Waals surface area contributed by atoms with Gasteiger partial charge in [0.05, 0.1) is 26.0 Å². The second kappa shape index (κ2) is 9.90. The lowest BCUT2D eigenvalue weighted by atomic mass is 9.93. The van der Waals surface area contributed by atoms with Crippen molar-refractivity contribution in [1.82, 2.24) is 15.1 Å².